The zero-order valence-electron chi connectivity index (χ0n) is 16.4. The number of halogens is 3. The number of carbonyl (C=O) groups excluding carboxylic acids is 1. The zero-order valence-corrected chi connectivity index (χ0v) is 16.4. The Balaban J connectivity index is 0.00000289. The number of fused-ring (bicyclic) bond motifs is 1. The number of ether oxygens (including phenoxy) is 1. The number of nitrogens with zero attached hydrogens (tertiary/aromatic N) is 1. The first-order chi connectivity index (χ1) is 14.8. The molecular formula is C22H22F3N3O3. The highest BCUT2D eigenvalue weighted by atomic mass is 19.4. The molecule has 4 rings (SSSR count). The van der Waals surface area contributed by atoms with Crippen molar-refractivity contribution in [3.63, 3.8) is 0 Å². The third-order valence-corrected chi connectivity index (χ3v) is 5.67. The van der Waals surface area contributed by atoms with E-state index in [-0.39, 0.29) is 25.2 Å². The fraction of sp³-hybridized carbons (Fsp3) is 0.364. The highest BCUT2D eigenvalue weighted by molar-refractivity contribution is 5.96. The number of anilines is 2. The van der Waals surface area contributed by atoms with Gasteiger partial charge in [0.05, 0.1) is 35.1 Å². The minimum atomic E-state index is -4.70. The van der Waals surface area contributed by atoms with E-state index in [2.05, 4.69) is 10.6 Å². The molecule has 1 fully saturated rings. The van der Waals surface area contributed by atoms with Gasteiger partial charge in [-0.15, -0.1) is 0 Å². The van der Waals surface area contributed by atoms with Crippen LogP contribution in [0.5, 0.6) is 11.5 Å². The molecule has 0 radical (unpaired) electrons. The van der Waals surface area contributed by atoms with Crippen LogP contribution in [0.3, 0.4) is 0 Å². The summed E-state index contributed by atoms with van der Waals surface area (Å²) in [6, 6.07) is 8.50. The van der Waals surface area contributed by atoms with E-state index < -0.39 is 29.4 Å². The molecular weight excluding hydrogens is 411 g/mol. The lowest BCUT2D eigenvalue weighted by atomic mass is 9.94. The van der Waals surface area contributed by atoms with Crippen molar-refractivity contribution in [1.29, 1.82) is 5.26 Å². The number of carbonyl (C=O) groups is 1. The molecule has 164 valence electrons. The van der Waals surface area contributed by atoms with Gasteiger partial charge in [0.15, 0.2) is 6.10 Å². The molecule has 2 aromatic carbocycles. The first kappa shape index (κ1) is 20.8. The second-order valence-corrected chi connectivity index (χ2v) is 7.74. The van der Waals surface area contributed by atoms with Gasteiger partial charge in [0.2, 0.25) is 0 Å². The van der Waals surface area contributed by atoms with Gasteiger partial charge in [-0.2, -0.15) is 18.4 Å². The Bertz CT molecular complexity index is 1060. The molecule has 1 aliphatic carbocycles. The predicted octanol–water partition coefficient (Wildman–Crippen LogP) is 5.00. The van der Waals surface area contributed by atoms with E-state index in [0.717, 1.165) is 37.8 Å². The van der Waals surface area contributed by atoms with E-state index in [0.29, 0.717) is 17.0 Å². The third-order valence-electron chi connectivity index (χ3n) is 5.67. The maximum absolute atomic E-state index is 13.7. The summed E-state index contributed by atoms with van der Waals surface area (Å²) in [6.07, 6.45) is -2.51. The van der Waals surface area contributed by atoms with Crippen LogP contribution in [0.2, 0.25) is 0 Å². The zero-order chi connectivity index (χ0) is 22.2. The van der Waals surface area contributed by atoms with Gasteiger partial charge in [-0.05, 0) is 48.6 Å². The van der Waals surface area contributed by atoms with E-state index in [9.17, 15) is 23.1 Å². The Labute approximate surface area is 178 Å². The van der Waals surface area contributed by atoms with E-state index in [1.807, 2.05) is 6.07 Å². The van der Waals surface area contributed by atoms with Crippen LogP contribution in [0.4, 0.5) is 24.5 Å². The lowest BCUT2D eigenvalue weighted by Gasteiger charge is -2.27. The van der Waals surface area contributed by atoms with E-state index in [1.165, 1.54) is 12.1 Å². The smallest absolute Gasteiger partial charge is 0.418 e. The maximum Gasteiger partial charge on any atom is 0.418 e. The van der Waals surface area contributed by atoms with E-state index in [1.54, 1.807) is 6.07 Å². The van der Waals surface area contributed by atoms with Crippen molar-refractivity contribution in [3.8, 4) is 17.6 Å². The summed E-state index contributed by atoms with van der Waals surface area (Å²) in [5, 5.41) is 24.5. The SMILES string of the molecule is N#Cc1ccc2c(c1)NCC(C(=O)Nc1cc(O)c(C3CCCC3)cc1C(F)(F)F)O2.[HH]. The Kier molecular flexibility index (Phi) is 5.39. The van der Waals surface area contributed by atoms with Gasteiger partial charge in [-0.1, -0.05) is 12.8 Å². The first-order valence-corrected chi connectivity index (χ1v) is 9.96. The number of hydrogen-bond donors (Lipinski definition) is 3. The van der Waals surface area contributed by atoms with Gasteiger partial charge >= 0.3 is 6.18 Å². The topological polar surface area (TPSA) is 94.4 Å². The van der Waals surface area contributed by atoms with Crippen LogP contribution in [0, 0.1) is 11.3 Å². The molecule has 1 unspecified atom stereocenters. The van der Waals surface area contributed by atoms with Gasteiger partial charge in [0, 0.05) is 7.49 Å². The summed E-state index contributed by atoms with van der Waals surface area (Å²) in [4.78, 5) is 12.7. The normalized spacial score (nSPS) is 18.5. The fourth-order valence-corrected chi connectivity index (χ4v) is 4.10. The van der Waals surface area contributed by atoms with Gasteiger partial charge in [-0.25, -0.2) is 0 Å². The first-order valence-electron chi connectivity index (χ1n) is 9.96. The minimum absolute atomic E-state index is 0. The van der Waals surface area contributed by atoms with Crippen LogP contribution in [0.1, 0.15) is 49.7 Å². The molecule has 1 atom stereocenters. The molecule has 3 N–H and O–H groups in total. The Hall–Kier alpha value is -3.41. The molecule has 1 aliphatic heterocycles. The Morgan fingerprint density at radius 1 is 1.26 bits per heavy atom. The number of nitrogens with one attached hydrogen (secondary N) is 2. The van der Waals surface area contributed by atoms with Crippen molar-refractivity contribution in [1.82, 2.24) is 0 Å². The number of phenols is 1. The number of aromatic hydroxyl groups is 1. The Morgan fingerprint density at radius 3 is 2.68 bits per heavy atom. The number of alkyl halides is 3. The maximum atomic E-state index is 13.7. The molecule has 1 heterocycles. The van der Waals surface area contributed by atoms with Crippen LogP contribution >= 0.6 is 0 Å². The van der Waals surface area contributed by atoms with Crippen LogP contribution in [0.15, 0.2) is 30.3 Å². The summed E-state index contributed by atoms with van der Waals surface area (Å²) in [6.45, 7) is 0.0151. The molecule has 2 aromatic rings. The number of benzene rings is 2. The fourth-order valence-electron chi connectivity index (χ4n) is 4.10. The van der Waals surface area contributed by atoms with Gasteiger partial charge in [0.25, 0.3) is 5.91 Å². The molecule has 0 saturated heterocycles. The lowest BCUT2D eigenvalue weighted by molar-refractivity contribution is -0.137. The molecule has 2 aliphatic rings. The number of rotatable bonds is 3. The lowest BCUT2D eigenvalue weighted by Crippen LogP contribution is -2.41. The second-order valence-electron chi connectivity index (χ2n) is 7.74. The van der Waals surface area contributed by atoms with Crippen LogP contribution in [-0.4, -0.2) is 23.7 Å². The number of nitriles is 1. The van der Waals surface area contributed by atoms with Gasteiger partial charge in [-0.3, -0.25) is 4.79 Å². The summed E-state index contributed by atoms with van der Waals surface area (Å²) in [5.74, 6) is -0.833. The molecule has 9 heteroatoms. The highest BCUT2D eigenvalue weighted by Gasteiger charge is 2.37. The summed E-state index contributed by atoms with van der Waals surface area (Å²) >= 11 is 0. The summed E-state index contributed by atoms with van der Waals surface area (Å²) in [7, 11) is 0. The third kappa shape index (κ3) is 4.24. The van der Waals surface area contributed by atoms with Crippen LogP contribution in [-0.2, 0) is 11.0 Å². The molecule has 1 amide bonds. The number of hydrogen-bond acceptors (Lipinski definition) is 5. The van der Waals surface area contributed by atoms with Crippen molar-refractivity contribution < 1.29 is 29.2 Å². The largest absolute Gasteiger partial charge is 0.508 e. The number of amides is 1. The van der Waals surface area contributed by atoms with Crippen molar-refractivity contribution in [2.45, 2.75) is 43.9 Å². The molecule has 0 spiro atoms. The average molecular weight is 433 g/mol. The van der Waals surface area contributed by atoms with Crippen LogP contribution < -0.4 is 15.4 Å². The van der Waals surface area contributed by atoms with Crippen molar-refractivity contribution >= 4 is 17.3 Å². The minimum Gasteiger partial charge on any atom is -0.508 e. The van der Waals surface area contributed by atoms with E-state index in [4.69, 9.17) is 10.00 Å². The second kappa shape index (κ2) is 8.02. The monoisotopic (exact) mass is 433 g/mol. The summed E-state index contributed by atoms with van der Waals surface area (Å²) < 4.78 is 46.7. The average Bonchev–Trinajstić information content (AvgIpc) is 3.26. The number of phenolic OH excluding ortho intramolecular Hbond substituents is 1. The van der Waals surface area contributed by atoms with Crippen molar-refractivity contribution in [2.75, 3.05) is 17.2 Å². The molecule has 31 heavy (non-hydrogen) atoms. The van der Waals surface area contributed by atoms with Crippen LogP contribution in [0.25, 0.3) is 0 Å². The molecule has 6 nitrogen and oxygen atoms in total. The Morgan fingerprint density at radius 2 is 2.00 bits per heavy atom. The van der Waals surface area contributed by atoms with Crippen molar-refractivity contribution in [2.24, 2.45) is 0 Å². The summed E-state index contributed by atoms with van der Waals surface area (Å²) in [5.41, 5.74) is -0.307. The predicted molar refractivity (Wildman–Crippen MR) is 109 cm³/mol. The highest BCUT2D eigenvalue weighted by Crippen LogP contribution is 2.44. The quantitative estimate of drug-likeness (QED) is 0.634. The molecule has 0 bridgehead atoms. The molecule has 0 aromatic heterocycles. The standard InChI is InChI=1S/C22H20F3N3O3.H2/c23-22(24,25)15-8-14(13-3-1-2-4-13)18(29)9-16(15)28-21(30)20-11-27-17-7-12(10-26)5-6-19(17)31-20;/h5-9,13,20,27,29H,1-4,11H2,(H,28,30);1H. The van der Waals surface area contributed by atoms with Gasteiger partial charge < -0.3 is 20.5 Å². The molecule has 1 saturated carbocycles. The van der Waals surface area contributed by atoms with Crippen molar-refractivity contribution in [3.05, 3.63) is 47.0 Å². The van der Waals surface area contributed by atoms with E-state index >= 15 is 0 Å². The van der Waals surface area contributed by atoms with Gasteiger partial charge in [0.1, 0.15) is 11.5 Å².